The Labute approximate surface area is 218 Å². The van der Waals surface area contributed by atoms with Crippen molar-refractivity contribution in [3.05, 3.63) is 94.8 Å². The number of rotatable bonds is 8. The van der Waals surface area contributed by atoms with Gasteiger partial charge in [0.2, 0.25) is 11.9 Å². The molecule has 0 aliphatic carbocycles. The Bertz CT molecular complexity index is 1400. The molecule has 3 aromatic heterocycles. The first-order valence-electron chi connectivity index (χ1n) is 12.1. The summed E-state index contributed by atoms with van der Waals surface area (Å²) in [5.74, 6) is -0.862. The number of halogens is 1. The van der Waals surface area contributed by atoms with Crippen molar-refractivity contribution in [2.45, 2.75) is 38.9 Å². The number of nitrogens with one attached hydrogen (secondary N) is 2. The second-order valence-electron chi connectivity index (χ2n) is 8.97. The minimum atomic E-state index is -0.548. The molecule has 8 nitrogen and oxygen atoms in total. The van der Waals surface area contributed by atoms with Gasteiger partial charge in [0.25, 0.3) is 5.91 Å². The van der Waals surface area contributed by atoms with E-state index < -0.39 is 5.95 Å². The molecule has 1 aliphatic heterocycles. The van der Waals surface area contributed by atoms with E-state index in [2.05, 4.69) is 32.7 Å². The zero-order valence-corrected chi connectivity index (χ0v) is 21.2. The summed E-state index contributed by atoms with van der Waals surface area (Å²) in [5.41, 5.74) is 4.28. The van der Waals surface area contributed by atoms with Crippen LogP contribution in [-0.4, -0.2) is 32.9 Å². The number of anilines is 2. The van der Waals surface area contributed by atoms with Crippen molar-refractivity contribution in [3.8, 4) is 0 Å². The van der Waals surface area contributed by atoms with Crippen LogP contribution in [0.4, 0.5) is 15.2 Å². The standard InChI is InChI=1S/C27H27FN6O2S/c1-18(35)30-15-19-6-8-21(9-7-19)34-13-3-4-23(34)22-17-37-27(31-22)32-26(36)24-5-2-12-33(24)16-20-10-11-29-25(28)14-20/h2,5-12,14,17,23H,3-4,13,15-16H2,1H3,(H,30,35)(H,31,32,36)/t23-/m1/s1. The zero-order valence-electron chi connectivity index (χ0n) is 20.4. The second-order valence-corrected chi connectivity index (χ2v) is 9.83. The molecule has 1 fully saturated rings. The van der Waals surface area contributed by atoms with Crippen LogP contribution in [0.1, 0.15) is 53.1 Å². The highest BCUT2D eigenvalue weighted by atomic mass is 32.1. The Kier molecular flexibility index (Phi) is 7.27. The van der Waals surface area contributed by atoms with Gasteiger partial charge in [-0.1, -0.05) is 12.1 Å². The fourth-order valence-electron chi connectivity index (χ4n) is 4.57. The molecule has 1 aromatic carbocycles. The first-order chi connectivity index (χ1) is 18.0. The predicted octanol–water partition coefficient (Wildman–Crippen LogP) is 4.76. The highest BCUT2D eigenvalue weighted by Crippen LogP contribution is 2.37. The fraction of sp³-hybridized carbons (Fsp3) is 0.259. The fourth-order valence-corrected chi connectivity index (χ4v) is 5.32. The van der Waals surface area contributed by atoms with Gasteiger partial charge in [0.15, 0.2) is 5.13 Å². The Hall–Kier alpha value is -4.05. The number of carbonyl (C=O) groups excluding carboxylic acids is 2. The van der Waals surface area contributed by atoms with Gasteiger partial charge in [0.1, 0.15) is 5.69 Å². The first kappa shape index (κ1) is 24.6. The molecule has 4 aromatic rings. The summed E-state index contributed by atoms with van der Waals surface area (Å²) in [6.45, 7) is 3.31. The number of nitrogens with zero attached hydrogens (tertiary/aromatic N) is 4. The molecule has 1 atom stereocenters. The molecule has 0 radical (unpaired) electrons. The van der Waals surface area contributed by atoms with E-state index in [-0.39, 0.29) is 17.9 Å². The van der Waals surface area contributed by atoms with E-state index in [4.69, 9.17) is 4.98 Å². The van der Waals surface area contributed by atoms with Crippen LogP contribution in [0.25, 0.3) is 0 Å². The summed E-state index contributed by atoms with van der Waals surface area (Å²) in [6, 6.07) is 15.0. The Morgan fingerprint density at radius 2 is 2.00 bits per heavy atom. The Morgan fingerprint density at radius 1 is 1.16 bits per heavy atom. The van der Waals surface area contributed by atoms with Gasteiger partial charge in [-0.15, -0.1) is 11.3 Å². The predicted molar refractivity (Wildman–Crippen MR) is 141 cm³/mol. The molecule has 0 unspecified atom stereocenters. The number of carbonyl (C=O) groups is 2. The number of benzene rings is 1. The zero-order chi connectivity index (χ0) is 25.8. The van der Waals surface area contributed by atoms with Gasteiger partial charge in [-0.3, -0.25) is 14.9 Å². The van der Waals surface area contributed by atoms with Crippen LogP contribution in [0, 0.1) is 5.95 Å². The number of hydrogen-bond acceptors (Lipinski definition) is 6. The van der Waals surface area contributed by atoms with Gasteiger partial charge >= 0.3 is 0 Å². The lowest BCUT2D eigenvalue weighted by Gasteiger charge is -2.26. The summed E-state index contributed by atoms with van der Waals surface area (Å²) < 4.78 is 15.2. The van der Waals surface area contributed by atoms with E-state index in [1.54, 1.807) is 29.0 Å². The first-order valence-corrected chi connectivity index (χ1v) is 13.0. The molecule has 10 heteroatoms. The van der Waals surface area contributed by atoms with E-state index in [9.17, 15) is 14.0 Å². The highest BCUT2D eigenvalue weighted by molar-refractivity contribution is 7.14. The number of thiazole rings is 1. The summed E-state index contributed by atoms with van der Waals surface area (Å²) in [6.07, 6.45) is 5.24. The van der Waals surface area contributed by atoms with Gasteiger partial charge in [-0.2, -0.15) is 4.39 Å². The van der Waals surface area contributed by atoms with E-state index >= 15 is 0 Å². The number of aromatic nitrogens is 3. The Morgan fingerprint density at radius 3 is 2.78 bits per heavy atom. The van der Waals surface area contributed by atoms with Gasteiger partial charge in [0.05, 0.1) is 11.7 Å². The lowest BCUT2D eigenvalue weighted by Crippen LogP contribution is -2.23. The van der Waals surface area contributed by atoms with E-state index in [1.165, 1.54) is 30.5 Å². The van der Waals surface area contributed by atoms with Crippen LogP contribution in [-0.2, 0) is 17.9 Å². The molecule has 2 amide bonds. The quantitative estimate of drug-likeness (QED) is 0.328. The van der Waals surface area contributed by atoms with Gasteiger partial charge in [0, 0.05) is 50.0 Å². The monoisotopic (exact) mass is 518 g/mol. The van der Waals surface area contributed by atoms with Crippen molar-refractivity contribution < 1.29 is 14.0 Å². The van der Waals surface area contributed by atoms with Crippen LogP contribution in [0.3, 0.4) is 0 Å². The molecule has 190 valence electrons. The maximum absolute atomic E-state index is 13.5. The van der Waals surface area contributed by atoms with Crippen LogP contribution in [0.5, 0.6) is 0 Å². The lowest BCUT2D eigenvalue weighted by molar-refractivity contribution is -0.119. The molecule has 2 N–H and O–H groups in total. The second kappa shape index (κ2) is 10.9. The number of hydrogen-bond donors (Lipinski definition) is 2. The van der Waals surface area contributed by atoms with Crippen molar-refractivity contribution >= 4 is 34.0 Å². The average Bonchev–Trinajstić information content (AvgIpc) is 3.64. The van der Waals surface area contributed by atoms with Gasteiger partial charge < -0.3 is 14.8 Å². The normalized spacial score (nSPS) is 15.1. The van der Waals surface area contributed by atoms with Crippen LogP contribution >= 0.6 is 11.3 Å². The SMILES string of the molecule is CC(=O)NCc1ccc(N2CCC[C@@H]2c2csc(NC(=O)c3cccn3Cc3ccnc(F)c3)n2)cc1. The molecule has 1 aliphatic rings. The van der Waals surface area contributed by atoms with Crippen LogP contribution in [0.2, 0.25) is 0 Å². The van der Waals surface area contributed by atoms with Gasteiger partial charge in [-0.05, 0) is 60.4 Å². The number of pyridine rings is 1. The third kappa shape index (κ3) is 5.86. The van der Waals surface area contributed by atoms with Crippen LogP contribution in [0.15, 0.2) is 66.3 Å². The molecular formula is C27H27FN6O2S. The third-order valence-electron chi connectivity index (χ3n) is 6.35. The molecule has 5 rings (SSSR count). The van der Waals surface area contributed by atoms with Crippen molar-refractivity contribution in [2.24, 2.45) is 0 Å². The van der Waals surface area contributed by atoms with E-state index in [1.807, 2.05) is 17.5 Å². The maximum atomic E-state index is 13.5. The minimum Gasteiger partial charge on any atom is -0.363 e. The van der Waals surface area contributed by atoms with Crippen molar-refractivity contribution in [1.82, 2.24) is 19.9 Å². The molecular weight excluding hydrogens is 491 g/mol. The third-order valence-corrected chi connectivity index (χ3v) is 7.13. The maximum Gasteiger partial charge on any atom is 0.274 e. The van der Waals surface area contributed by atoms with E-state index in [0.29, 0.717) is 23.9 Å². The van der Waals surface area contributed by atoms with Crippen molar-refractivity contribution in [1.29, 1.82) is 0 Å². The molecule has 0 saturated carbocycles. The largest absolute Gasteiger partial charge is 0.363 e. The molecule has 0 spiro atoms. The molecule has 1 saturated heterocycles. The topological polar surface area (TPSA) is 92.2 Å². The lowest BCUT2D eigenvalue weighted by atomic mass is 10.1. The molecule has 0 bridgehead atoms. The summed E-state index contributed by atoms with van der Waals surface area (Å²) in [5, 5.41) is 8.28. The van der Waals surface area contributed by atoms with Crippen molar-refractivity contribution in [2.75, 3.05) is 16.8 Å². The Balaban J connectivity index is 1.25. The average molecular weight is 519 g/mol. The minimum absolute atomic E-state index is 0.0487. The molecule has 37 heavy (non-hydrogen) atoms. The van der Waals surface area contributed by atoms with E-state index in [0.717, 1.165) is 41.9 Å². The summed E-state index contributed by atoms with van der Waals surface area (Å²) in [7, 11) is 0. The van der Waals surface area contributed by atoms with Crippen molar-refractivity contribution in [3.63, 3.8) is 0 Å². The van der Waals surface area contributed by atoms with Gasteiger partial charge in [-0.25, -0.2) is 9.97 Å². The smallest absolute Gasteiger partial charge is 0.274 e. The van der Waals surface area contributed by atoms with Crippen LogP contribution < -0.4 is 15.5 Å². The molecule has 4 heterocycles. The summed E-state index contributed by atoms with van der Waals surface area (Å²) in [4.78, 5) is 34.8. The highest BCUT2D eigenvalue weighted by Gasteiger charge is 2.28. The number of amides is 2. The summed E-state index contributed by atoms with van der Waals surface area (Å²) >= 11 is 1.41.